The molecule has 4 heteroatoms. The van der Waals surface area contributed by atoms with Gasteiger partial charge in [-0.3, -0.25) is 4.79 Å². The van der Waals surface area contributed by atoms with E-state index >= 15 is 0 Å². The number of amides is 1. The Kier molecular flexibility index (Phi) is 4.59. The van der Waals surface area contributed by atoms with Crippen LogP contribution in [0.2, 0.25) is 5.15 Å². The Balaban J connectivity index is 1.90. The Morgan fingerprint density at radius 1 is 1.44 bits per heavy atom. The van der Waals surface area contributed by atoms with Crippen molar-refractivity contribution in [3.63, 3.8) is 0 Å². The minimum Gasteiger partial charge on any atom is -0.325 e. The molecule has 3 nitrogen and oxygen atoms in total. The third kappa shape index (κ3) is 3.70. The molecular formula is C14H19ClN2O. The van der Waals surface area contributed by atoms with E-state index in [1.165, 1.54) is 32.1 Å². The molecule has 18 heavy (non-hydrogen) atoms. The average Bonchev–Trinajstić information content (AvgIpc) is 2.34. The molecule has 1 amide bonds. The first-order valence-corrected chi connectivity index (χ1v) is 6.95. The summed E-state index contributed by atoms with van der Waals surface area (Å²) in [6, 6.07) is 1.76. The number of aromatic nitrogens is 1. The maximum atomic E-state index is 11.9. The van der Waals surface area contributed by atoms with Crippen LogP contribution in [-0.2, 0) is 4.79 Å². The molecule has 1 aliphatic rings. The number of pyridine rings is 1. The van der Waals surface area contributed by atoms with Crippen LogP contribution in [0.5, 0.6) is 0 Å². The Morgan fingerprint density at radius 3 is 2.83 bits per heavy atom. The van der Waals surface area contributed by atoms with Crippen molar-refractivity contribution in [2.75, 3.05) is 5.32 Å². The summed E-state index contributed by atoms with van der Waals surface area (Å²) < 4.78 is 0. The fourth-order valence-corrected chi connectivity index (χ4v) is 2.72. The van der Waals surface area contributed by atoms with E-state index in [2.05, 4.69) is 10.3 Å². The van der Waals surface area contributed by atoms with E-state index in [0.29, 0.717) is 17.5 Å². The summed E-state index contributed by atoms with van der Waals surface area (Å²) in [4.78, 5) is 15.9. The van der Waals surface area contributed by atoms with Gasteiger partial charge in [0.05, 0.1) is 11.9 Å². The number of rotatable bonds is 3. The van der Waals surface area contributed by atoms with Gasteiger partial charge in [0.2, 0.25) is 5.91 Å². The van der Waals surface area contributed by atoms with Gasteiger partial charge in [-0.2, -0.15) is 0 Å². The number of hydrogen-bond acceptors (Lipinski definition) is 2. The monoisotopic (exact) mass is 266 g/mol. The first-order chi connectivity index (χ1) is 8.65. The molecule has 1 saturated carbocycles. The second kappa shape index (κ2) is 6.19. The summed E-state index contributed by atoms with van der Waals surface area (Å²) in [5.74, 6) is 0.647. The van der Waals surface area contributed by atoms with Crippen LogP contribution in [0.25, 0.3) is 0 Å². The molecule has 1 fully saturated rings. The standard InChI is InChI=1S/C14H19ClN2O/c1-10-7-13(15)16-9-12(10)17-14(18)8-11-5-3-2-4-6-11/h7,9,11H,2-6,8H2,1H3,(H,17,18). The Hall–Kier alpha value is -1.09. The van der Waals surface area contributed by atoms with Gasteiger partial charge in [-0.1, -0.05) is 30.9 Å². The van der Waals surface area contributed by atoms with Gasteiger partial charge in [0.15, 0.2) is 0 Å². The predicted octanol–water partition coefficient (Wildman–Crippen LogP) is 3.95. The molecule has 0 aliphatic heterocycles. The highest BCUT2D eigenvalue weighted by Crippen LogP contribution is 2.27. The second-order valence-corrected chi connectivity index (χ2v) is 5.47. The van der Waals surface area contributed by atoms with E-state index < -0.39 is 0 Å². The topological polar surface area (TPSA) is 42.0 Å². The van der Waals surface area contributed by atoms with E-state index in [1.54, 1.807) is 12.3 Å². The molecule has 0 bridgehead atoms. The predicted molar refractivity (Wildman–Crippen MR) is 73.8 cm³/mol. The van der Waals surface area contributed by atoms with E-state index in [4.69, 9.17) is 11.6 Å². The van der Waals surface area contributed by atoms with Gasteiger partial charge in [-0.15, -0.1) is 0 Å². The minimum absolute atomic E-state index is 0.0918. The van der Waals surface area contributed by atoms with Crippen molar-refractivity contribution in [2.45, 2.75) is 45.4 Å². The highest BCUT2D eigenvalue weighted by Gasteiger charge is 2.17. The normalized spacial score (nSPS) is 16.6. The van der Waals surface area contributed by atoms with Gasteiger partial charge in [-0.05, 0) is 37.3 Å². The van der Waals surface area contributed by atoms with E-state index in [1.807, 2.05) is 6.92 Å². The van der Waals surface area contributed by atoms with Gasteiger partial charge in [-0.25, -0.2) is 4.98 Å². The van der Waals surface area contributed by atoms with Gasteiger partial charge in [0.25, 0.3) is 0 Å². The Morgan fingerprint density at radius 2 is 2.17 bits per heavy atom. The number of hydrogen-bond donors (Lipinski definition) is 1. The number of nitrogens with one attached hydrogen (secondary N) is 1. The van der Waals surface area contributed by atoms with Crippen LogP contribution in [0.4, 0.5) is 5.69 Å². The van der Waals surface area contributed by atoms with Gasteiger partial charge in [0, 0.05) is 6.42 Å². The molecule has 1 aromatic rings. The van der Waals surface area contributed by atoms with Crippen LogP contribution in [0.1, 0.15) is 44.1 Å². The molecule has 0 radical (unpaired) electrons. The lowest BCUT2D eigenvalue weighted by Gasteiger charge is -2.21. The molecule has 0 spiro atoms. The maximum Gasteiger partial charge on any atom is 0.224 e. The third-order valence-corrected chi connectivity index (χ3v) is 3.76. The van der Waals surface area contributed by atoms with Crippen molar-refractivity contribution in [1.82, 2.24) is 4.98 Å². The number of aryl methyl sites for hydroxylation is 1. The average molecular weight is 267 g/mol. The first-order valence-electron chi connectivity index (χ1n) is 6.57. The SMILES string of the molecule is Cc1cc(Cl)ncc1NC(=O)CC1CCCCC1. The molecule has 2 rings (SSSR count). The lowest BCUT2D eigenvalue weighted by Crippen LogP contribution is -2.18. The molecule has 0 saturated heterocycles. The van der Waals surface area contributed by atoms with Crippen LogP contribution in [0.15, 0.2) is 12.3 Å². The maximum absolute atomic E-state index is 11.9. The Bertz CT molecular complexity index is 428. The van der Waals surface area contributed by atoms with Crippen LogP contribution in [0, 0.1) is 12.8 Å². The molecule has 98 valence electrons. The first kappa shape index (κ1) is 13.3. The summed E-state index contributed by atoms with van der Waals surface area (Å²) in [5, 5.41) is 3.38. The molecule has 0 aromatic carbocycles. The summed E-state index contributed by atoms with van der Waals surface area (Å²) in [6.45, 7) is 1.92. The van der Waals surface area contributed by atoms with Crippen molar-refractivity contribution in [3.8, 4) is 0 Å². The lowest BCUT2D eigenvalue weighted by atomic mass is 9.87. The molecule has 0 unspecified atom stereocenters. The quantitative estimate of drug-likeness (QED) is 0.842. The lowest BCUT2D eigenvalue weighted by molar-refractivity contribution is -0.117. The zero-order valence-electron chi connectivity index (χ0n) is 10.7. The van der Waals surface area contributed by atoms with Crippen LogP contribution in [-0.4, -0.2) is 10.9 Å². The zero-order valence-corrected chi connectivity index (χ0v) is 11.5. The molecule has 1 aliphatic carbocycles. The minimum atomic E-state index is 0.0918. The van der Waals surface area contributed by atoms with Crippen molar-refractivity contribution >= 4 is 23.2 Å². The third-order valence-electron chi connectivity index (χ3n) is 3.55. The van der Waals surface area contributed by atoms with Crippen molar-refractivity contribution in [2.24, 2.45) is 5.92 Å². The van der Waals surface area contributed by atoms with Gasteiger partial charge >= 0.3 is 0 Å². The van der Waals surface area contributed by atoms with E-state index in [9.17, 15) is 4.79 Å². The van der Waals surface area contributed by atoms with Crippen LogP contribution in [0.3, 0.4) is 0 Å². The summed E-state index contributed by atoms with van der Waals surface area (Å²) in [7, 11) is 0. The van der Waals surface area contributed by atoms with Crippen LogP contribution < -0.4 is 5.32 Å². The van der Waals surface area contributed by atoms with E-state index in [0.717, 1.165) is 11.3 Å². The highest BCUT2D eigenvalue weighted by molar-refractivity contribution is 6.29. The summed E-state index contributed by atoms with van der Waals surface area (Å²) >= 11 is 5.79. The van der Waals surface area contributed by atoms with Crippen molar-refractivity contribution in [1.29, 1.82) is 0 Å². The molecular weight excluding hydrogens is 248 g/mol. The molecule has 1 N–H and O–H groups in total. The highest BCUT2D eigenvalue weighted by atomic mass is 35.5. The van der Waals surface area contributed by atoms with Gasteiger partial charge in [0.1, 0.15) is 5.15 Å². The summed E-state index contributed by atoms with van der Waals surface area (Å²) in [6.07, 6.45) is 8.46. The molecule has 1 heterocycles. The fourth-order valence-electron chi connectivity index (χ4n) is 2.51. The fraction of sp³-hybridized carbons (Fsp3) is 0.571. The number of anilines is 1. The number of carbonyl (C=O) groups is 1. The largest absolute Gasteiger partial charge is 0.325 e. The van der Waals surface area contributed by atoms with E-state index in [-0.39, 0.29) is 5.91 Å². The number of carbonyl (C=O) groups excluding carboxylic acids is 1. The number of halogens is 1. The molecule has 0 atom stereocenters. The second-order valence-electron chi connectivity index (χ2n) is 5.08. The molecule has 1 aromatic heterocycles. The Labute approximate surface area is 113 Å². The van der Waals surface area contributed by atoms with Gasteiger partial charge < -0.3 is 5.32 Å². The van der Waals surface area contributed by atoms with Crippen molar-refractivity contribution < 1.29 is 4.79 Å². The number of nitrogens with zero attached hydrogens (tertiary/aromatic N) is 1. The smallest absolute Gasteiger partial charge is 0.224 e. The summed E-state index contributed by atoms with van der Waals surface area (Å²) in [5.41, 5.74) is 1.72. The van der Waals surface area contributed by atoms with Crippen molar-refractivity contribution in [3.05, 3.63) is 23.0 Å². The zero-order chi connectivity index (χ0) is 13.0. The van der Waals surface area contributed by atoms with Crippen LogP contribution >= 0.6 is 11.6 Å².